The maximum absolute atomic E-state index is 13.4. The Hall–Kier alpha value is -3.77. The molecule has 0 N–H and O–H groups in total. The monoisotopic (exact) mass is 602 g/mol. The average Bonchev–Trinajstić information content (AvgIpc) is 3.23. The summed E-state index contributed by atoms with van der Waals surface area (Å²) in [7, 11) is 5.37. The predicted molar refractivity (Wildman–Crippen MR) is 162 cm³/mol. The summed E-state index contributed by atoms with van der Waals surface area (Å²) in [6, 6.07) is 5.12. The molecule has 0 spiro atoms. The average molecular weight is 603 g/mol. The molecule has 1 aromatic carbocycles. The number of benzene rings is 1. The Morgan fingerprint density at radius 3 is 2.33 bits per heavy atom. The Labute approximate surface area is 251 Å². The van der Waals surface area contributed by atoms with Crippen LogP contribution in [0.3, 0.4) is 0 Å². The van der Waals surface area contributed by atoms with Crippen LogP contribution in [0.4, 0.5) is 21.1 Å². The minimum Gasteiger partial charge on any atom is -0.494 e. The van der Waals surface area contributed by atoms with E-state index in [1.54, 1.807) is 29.1 Å². The molecule has 12 nitrogen and oxygen atoms in total. The van der Waals surface area contributed by atoms with E-state index in [2.05, 4.69) is 4.98 Å². The van der Waals surface area contributed by atoms with E-state index in [9.17, 15) is 9.59 Å². The van der Waals surface area contributed by atoms with E-state index >= 15 is 0 Å². The summed E-state index contributed by atoms with van der Waals surface area (Å²) in [5.41, 5.74) is 0.226. The molecular formula is C29H39ClN6O6. The van der Waals surface area contributed by atoms with Crippen molar-refractivity contribution in [1.29, 1.82) is 0 Å². The van der Waals surface area contributed by atoms with Crippen LogP contribution in [0.25, 0.3) is 16.6 Å². The fourth-order valence-corrected chi connectivity index (χ4v) is 4.47. The van der Waals surface area contributed by atoms with Crippen molar-refractivity contribution in [2.75, 3.05) is 57.2 Å². The number of nitrogens with zero attached hydrogens (tertiary/aromatic N) is 6. The fourth-order valence-electron chi connectivity index (χ4n) is 4.32. The summed E-state index contributed by atoms with van der Waals surface area (Å²) in [6.45, 7) is 12.3. The van der Waals surface area contributed by atoms with E-state index in [4.69, 9.17) is 35.6 Å². The number of amides is 2. The first-order valence-corrected chi connectivity index (χ1v) is 14.0. The topological polar surface area (TPSA) is 111 Å². The van der Waals surface area contributed by atoms with Crippen LogP contribution in [0.2, 0.25) is 5.15 Å². The Morgan fingerprint density at radius 1 is 1.02 bits per heavy atom. The zero-order valence-electron chi connectivity index (χ0n) is 25.6. The highest BCUT2D eigenvalue weighted by atomic mass is 35.5. The summed E-state index contributed by atoms with van der Waals surface area (Å²) >= 11 is 6.34. The smallest absolute Gasteiger partial charge is 0.416 e. The minimum atomic E-state index is -0.716. The van der Waals surface area contributed by atoms with Gasteiger partial charge in [0.2, 0.25) is 0 Å². The summed E-state index contributed by atoms with van der Waals surface area (Å²) in [4.78, 5) is 35.7. The van der Waals surface area contributed by atoms with Gasteiger partial charge in [-0.1, -0.05) is 11.6 Å². The van der Waals surface area contributed by atoms with Crippen molar-refractivity contribution in [1.82, 2.24) is 19.7 Å². The molecule has 0 saturated heterocycles. The summed E-state index contributed by atoms with van der Waals surface area (Å²) < 4.78 is 24.7. The molecule has 4 rings (SSSR count). The molecule has 1 aliphatic rings. The van der Waals surface area contributed by atoms with Gasteiger partial charge in [-0.05, 0) is 55.6 Å². The van der Waals surface area contributed by atoms with Crippen LogP contribution in [0.1, 0.15) is 41.5 Å². The van der Waals surface area contributed by atoms with Crippen molar-refractivity contribution in [2.45, 2.75) is 52.7 Å². The number of likely N-dealkylation sites (N-methyl/N-ethyl adjacent to an activating group) is 1. The Balaban J connectivity index is 1.87. The van der Waals surface area contributed by atoms with E-state index in [-0.39, 0.29) is 11.8 Å². The second-order valence-electron chi connectivity index (χ2n) is 12.2. The lowest BCUT2D eigenvalue weighted by atomic mass is 10.2. The van der Waals surface area contributed by atoms with Gasteiger partial charge < -0.3 is 23.8 Å². The second-order valence-corrected chi connectivity index (χ2v) is 12.6. The van der Waals surface area contributed by atoms with Crippen LogP contribution >= 0.6 is 11.6 Å². The lowest BCUT2D eigenvalue weighted by molar-refractivity contribution is 0.0561. The first kappa shape index (κ1) is 31.2. The van der Waals surface area contributed by atoms with Crippen LogP contribution < -0.4 is 19.3 Å². The molecule has 0 atom stereocenters. The number of aromatic nitrogens is 3. The van der Waals surface area contributed by atoms with Crippen LogP contribution in [0, 0.1) is 0 Å². The van der Waals surface area contributed by atoms with Crippen LogP contribution in [-0.2, 0) is 9.47 Å². The quantitative estimate of drug-likeness (QED) is 0.337. The third kappa shape index (κ3) is 6.99. The number of rotatable bonds is 6. The third-order valence-corrected chi connectivity index (χ3v) is 6.33. The largest absolute Gasteiger partial charge is 0.494 e. The van der Waals surface area contributed by atoms with Crippen LogP contribution in [0.5, 0.6) is 11.5 Å². The molecule has 2 aromatic heterocycles. The fraction of sp³-hybridized carbons (Fsp3) is 0.517. The lowest BCUT2D eigenvalue weighted by Crippen LogP contribution is -2.41. The van der Waals surface area contributed by atoms with Gasteiger partial charge in [-0.3, -0.25) is 9.80 Å². The van der Waals surface area contributed by atoms with Crippen molar-refractivity contribution in [3.63, 3.8) is 0 Å². The normalized spacial score (nSPS) is 13.5. The molecule has 3 aromatic rings. The zero-order valence-corrected chi connectivity index (χ0v) is 26.4. The lowest BCUT2D eigenvalue weighted by Gasteiger charge is -2.32. The second kappa shape index (κ2) is 11.8. The Kier molecular flexibility index (Phi) is 8.79. The van der Waals surface area contributed by atoms with E-state index in [0.29, 0.717) is 59.2 Å². The van der Waals surface area contributed by atoms with E-state index in [1.165, 1.54) is 16.9 Å². The number of hydrogen-bond acceptors (Lipinski definition) is 9. The van der Waals surface area contributed by atoms with E-state index in [0.717, 1.165) is 0 Å². The Bertz CT molecular complexity index is 1480. The highest BCUT2D eigenvalue weighted by Gasteiger charge is 2.32. The number of carbonyl (C=O) groups excluding carboxylic acids is 2. The van der Waals surface area contributed by atoms with Gasteiger partial charge in [-0.2, -0.15) is 0 Å². The van der Waals surface area contributed by atoms with Gasteiger partial charge in [0.1, 0.15) is 40.1 Å². The van der Waals surface area contributed by atoms with Gasteiger partial charge in [-0.25, -0.2) is 19.3 Å². The van der Waals surface area contributed by atoms with Crippen LogP contribution in [-0.4, -0.2) is 90.5 Å². The maximum atomic E-state index is 13.4. The first-order valence-electron chi connectivity index (χ1n) is 13.6. The molecule has 42 heavy (non-hydrogen) atoms. The van der Waals surface area contributed by atoms with Gasteiger partial charge in [0.15, 0.2) is 5.82 Å². The van der Waals surface area contributed by atoms with Crippen molar-refractivity contribution in [3.8, 4) is 17.2 Å². The summed E-state index contributed by atoms with van der Waals surface area (Å²) in [6.07, 6.45) is 0.551. The number of methoxy groups -OCH3 is 1. The standard InChI is InChI=1S/C29H39ClN6O6/c1-28(2,3)41-26(37)34-12-13-40-23-15-21(22(39-9)14-20(23)34)36-19-16-24(30)31-17-18(19)25(32-36)35(11-10-33(7)8)27(38)42-29(4,5)6/h14-17H,10-13H2,1-9H3. The highest BCUT2D eigenvalue weighted by Crippen LogP contribution is 2.42. The maximum Gasteiger partial charge on any atom is 0.416 e. The van der Waals surface area contributed by atoms with Crippen LogP contribution in [0.15, 0.2) is 24.4 Å². The minimum absolute atomic E-state index is 0.247. The number of fused-ring (bicyclic) bond motifs is 2. The van der Waals surface area contributed by atoms with Crippen molar-refractivity contribution < 1.29 is 28.5 Å². The number of anilines is 2. The van der Waals surface area contributed by atoms with E-state index < -0.39 is 23.4 Å². The SMILES string of the molecule is COc1cc2c(cc1-n1nc(N(CCN(C)C)C(=O)OC(C)(C)C)c3cnc(Cl)cc31)OCCN2C(=O)OC(C)(C)C. The highest BCUT2D eigenvalue weighted by molar-refractivity contribution is 6.30. The predicted octanol–water partition coefficient (Wildman–Crippen LogP) is 5.52. The molecule has 1 aliphatic heterocycles. The molecule has 0 unspecified atom stereocenters. The van der Waals surface area contributed by atoms with Gasteiger partial charge in [0.25, 0.3) is 0 Å². The molecule has 0 radical (unpaired) electrons. The Morgan fingerprint density at radius 2 is 1.71 bits per heavy atom. The van der Waals surface area contributed by atoms with E-state index in [1.807, 2.05) is 60.5 Å². The third-order valence-electron chi connectivity index (χ3n) is 6.12. The summed E-state index contributed by atoms with van der Waals surface area (Å²) in [5, 5.41) is 5.70. The van der Waals surface area contributed by atoms with Gasteiger partial charge in [-0.15, -0.1) is 5.10 Å². The van der Waals surface area contributed by atoms with Crippen molar-refractivity contribution in [2.24, 2.45) is 0 Å². The number of halogens is 1. The number of ether oxygens (including phenoxy) is 4. The first-order chi connectivity index (χ1) is 19.6. The number of hydrogen-bond donors (Lipinski definition) is 0. The molecule has 13 heteroatoms. The van der Waals surface area contributed by atoms with Crippen molar-refractivity contribution >= 4 is 46.2 Å². The molecule has 0 saturated carbocycles. The summed E-state index contributed by atoms with van der Waals surface area (Å²) in [5.74, 6) is 1.21. The molecule has 2 amide bonds. The molecule has 228 valence electrons. The van der Waals surface area contributed by atoms with Gasteiger partial charge >= 0.3 is 12.2 Å². The number of pyridine rings is 1. The molecule has 0 bridgehead atoms. The molecule has 3 heterocycles. The zero-order chi connectivity index (χ0) is 31.0. The number of carbonyl (C=O) groups is 2. The van der Waals surface area contributed by atoms with Crippen molar-refractivity contribution in [3.05, 3.63) is 29.5 Å². The molecular weight excluding hydrogens is 564 g/mol. The molecule has 0 aliphatic carbocycles. The van der Waals surface area contributed by atoms with Gasteiger partial charge in [0, 0.05) is 37.5 Å². The van der Waals surface area contributed by atoms with Gasteiger partial charge in [0.05, 0.1) is 30.2 Å². The molecule has 0 fully saturated rings.